The summed E-state index contributed by atoms with van der Waals surface area (Å²) in [7, 11) is -2.14. The number of nitrogens with one attached hydrogen (secondary N) is 4. The largest absolute Gasteiger partial charge is 0.497 e. The van der Waals surface area contributed by atoms with Gasteiger partial charge in [0, 0.05) is 40.6 Å². The Balaban J connectivity index is 1.41. The second-order valence-corrected chi connectivity index (χ2v) is 11.1. The molecular weight excluding hydrogens is 512 g/mol. The van der Waals surface area contributed by atoms with Crippen molar-refractivity contribution in [2.24, 2.45) is 0 Å². The fourth-order valence-corrected chi connectivity index (χ4v) is 5.63. The fraction of sp³-hybridized carbons (Fsp3) is 0.160. The summed E-state index contributed by atoms with van der Waals surface area (Å²) in [6.45, 7) is 3.57. The van der Waals surface area contributed by atoms with Gasteiger partial charge in [-0.05, 0) is 67.6 Å². The van der Waals surface area contributed by atoms with E-state index in [0.717, 1.165) is 33.3 Å². The van der Waals surface area contributed by atoms with Gasteiger partial charge in [0.1, 0.15) is 15.8 Å². The van der Waals surface area contributed by atoms with Crippen LogP contribution in [-0.4, -0.2) is 31.4 Å². The summed E-state index contributed by atoms with van der Waals surface area (Å²) >= 11 is 1.10. The highest BCUT2D eigenvalue weighted by molar-refractivity contribution is 7.94. The van der Waals surface area contributed by atoms with Crippen LogP contribution < -0.4 is 25.4 Å². The molecule has 0 aliphatic rings. The third kappa shape index (κ3) is 7.18. The molecule has 2 heterocycles. The topological polar surface area (TPSA) is 134 Å². The van der Waals surface area contributed by atoms with Crippen molar-refractivity contribution in [3.05, 3.63) is 77.3 Å². The number of aryl methyl sites for hydroxylation is 1. The van der Waals surface area contributed by atoms with Crippen molar-refractivity contribution in [2.45, 2.75) is 24.6 Å². The molecule has 10 nitrogen and oxygen atoms in total. The first-order chi connectivity index (χ1) is 17.7. The maximum Gasteiger partial charge on any atom is 0.271 e. The van der Waals surface area contributed by atoms with E-state index in [-0.39, 0.29) is 16.7 Å². The molecule has 12 heteroatoms. The standard InChI is InChI=1S/C25H26N6O4S2/c1-16-14-23(28-18-8-10-21(35-3)11-9-18)30-25(27-16)29-19-4-6-20(7-5-19)31-37(33,34)24-13-12-22(36-24)15-26-17(2)32/h4-14,31H,15H2,1-3H3,(H,26,32)(H2,27,28,29,30). The van der Waals surface area contributed by atoms with Crippen molar-refractivity contribution in [1.82, 2.24) is 15.3 Å². The van der Waals surface area contributed by atoms with Crippen molar-refractivity contribution in [3.8, 4) is 5.75 Å². The first-order valence-electron chi connectivity index (χ1n) is 11.2. The number of amides is 1. The van der Waals surface area contributed by atoms with Gasteiger partial charge in [0.15, 0.2) is 0 Å². The van der Waals surface area contributed by atoms with Crippen LogP contribution in [0, 0.1) is 6.92 Å². The molecule has 0 radical (unpaired) electrons. The van der Waals surface area contributed by atoms with Gasteiger partial charge in [0.25, 0.3) is 10.0 Å². The molecule has 0 saturated heterocycles. The van der Waals surface area contributed by atoms with Gasteiger partial charge in [0.05, 0.1) is 13.7 Å². The van der Waals surface area contributed by atoms with E-state index in [1.165, 1.54) is 13.0 Å². The van der Waals surface area contributed by atoms with E-state index in [9.17, 15) is 13.2 Å². The summed E-state index contributed by atoms with van der Waals surface area (Å²) in [5.74, 6) is 1.61. The van der Waals surface area contributed by atoms with Crippen molar-refractivity contribution >= 4 is 56.1 Å². The van der Waals surface area contributed by atoms with Crippen LogP contribution in [0.2, 0.25) is 0 Å². The molecule has 0 aliphatic heterocycles. The maximum absolute atomic E-state index is 12.8. The average Bonchev–Trinajstić information content (AvgIpc) is 3.34. The summed E-state index contributed by atoms with van der Waals surface area (Å²) in [4.78, 5) is 20.8. The summed E-state index contributed by atoms with van der Waals surface area (Å²) in [5.41, 5.74) is 2.73. The fourth-order valence-electron chi connectivity index (χ4n) is 3.28. The highest BCUT2D eigenvalue weighted by Gasteiger charge is 2.17. The number of nitrogens with zero attached hydrogens (tertiary/aromatic N) is 2. The number of carbonyl (C=O) groups excluding carboxylic acids is 1. The Morgan fingerprint density at radius 3 is 2.24 bits per heavy atom. The van der Waals surface area contributed by atoms with Crippen LogP contribution in [-0.2, 0) is 21.4 Å². The molecule has 192 valence electrons. The van der Waals surface area contributed by atoms with E-state index in [4.69, 9.17) is 4.74 Å². The van der Waals surface area contributed by atoms with Crippen molar-refractivity contribution in [2.75, 3.05) is 22.5 Å². The Labute approximate surface area is 219 Å². The molecule has 0 unspecified atom stereocenters. The van der Waals surface area contributed by atoms with Crippen LogP contribution in [0.15, 0.2) is 70.9 Å². The number of hydrogen-bond donors (Lipinski definition) is 4. The molecule has 0 fully saturated rings. The Morgan fingerprint density at radius 2 is 1.57 bits per heavy atom. The SMILES string of the molecule is COc1ccc(Nc2cc(C)nc(Nc3ccc(NS(=O)(=O)c4ccc(CNC(C)=O)s4)cc3)n2)cc1. The van der Waals surface area contributed by atoms with E-state index in [1.807, 2.05) is 37.3 Å². The van der Waals surface area contributed by atoms with Crippen molar-refractivity contribution in [3.63, 3.8) is 0 Å². The lowest BCUT2D eigenvalue weighted by molar-refractivity contribution is -0.119. The van der Waals surface area contributed by atoms with Crippen LogP contribution in [0.3, 0.4) is 0 Å². The van der Waals surface area contributed by atoms with Gasteiger partial charge >= 0.3 is 0 Å². The van der Waals surface area contributed by atoms with E-state index in [0.29, 0.717) is 23.1 Å². The third-order valence-corrected chi connectivity index (χ3v) is 7.98. The van der Waals surface area contributed by atoms with Gasteiger partial charge in [-0.3, -0.25) is 9.52 Å². The van der Waals surface area contributed by atoms with E-state index in [2.05, 4.69) is 30.6 Å². The van der Waals surface area contributed by atoms with Crippen LogP contribution in [0.1, 0.15) is 17.5 Å². The maximum atomic E-state index is 12.8. The number of sulfonamides is 1. The monoisotopic (exact) mass is 538 g/mol. The van der Waals surface area contributed by atoms with E-state index in [1.54, 1.807) is 37.4 Å². The first-order valence-corrected chi connectivity index (χ1v) is 13.5. The van der Waals surface area contributed by atoms with Gasteiger partial charge in [-0.25, -0.2) is 13.4 Å². The third-order valence-electron chi connectivity index (χ3n) is 5.02. The smallest absolute Gasteiger partial charge is 0.271 e. The Hall–Kier alpha value is -4.16. The van der Waals surface area contributed by atoms with Gasteiger partial charge < -0.3 is 20.7 Å². The second kappa shape index (κ2) is 11.3. The average molecular weight is 539 g/mol. The number of aromatic nitrogens is 2. The van der Waals surface area contributed by atoms with Crippen LogP contribution in [0.25, 0.3) is 0 Å². The molecule has 1 amide bonds. The number of anilines is 5. The Morgan fingerprint density at radius 1 is 0.919 bits per heavy atom. The first kappa shape index (κ1) is 25.9. The lowest BCUT2D eigenvalue weighted by Crippen LogP contribution is -2.18. The second-order valence-electron chi connectivity index (χ2n) is 8.01. The molecule has 0 spiro atoms. The van der Waals surface area contributed by atoms with Crippen LogP contribution in [0.4, 0.5) is 28.8 Å². The summed E-state index contributed by atoms with van der Waals surface area (Å²) in [6, 6.07) is 19.3. The molecule has 2 aromatic carbocycles. The number of thiophene rings is 1. The van der Waals surface area contributed by atoms with Crippen molar-refractivity contribution < 1.29 is 17.9 Å². The number of methoxy groups -OCH3 is 1. The van der Waals surface area contributed by atoms with Crippen molar-refractivity contribution in [1.29, 1.82) is 0 Å². The summed E-state index contributed by atoms with van der Waals surface area (Å²) in [5, 5.41) is 9.05. The molecule has 4 N–H and O–H groups in total. The molecule has 4 rings (SSSR count). The van der Waals surface area contributed by atoms with Gasteiger partial charge in [-0.2, -0.15) is 4.98 Å². The van der Waals surface area contributed by atoms with Crippen LogP contribution >= 0.6 is 11.3 Å². The van der Waals surface area contributed by atoms with Gasteiger partial charge in [0.2, 0.25) is 11.9 Å². The Bertz CT molecular complexity index is 1490. The van der Waals surface area contributed by atoms with Gasteiger partial charge in [-0.1, -0.05) is 0 Å². The minimum absolute atomic E-state index is 0.167. The molecule has 0 atom stereocenters. The van der Waals surface area contributed by atoms with E-state index < -0.39 is 10.0 Å². The predicted octanol–water partition coefficient (Wildman–Crippen LogP) is 4.78. The number of carbonyl (C=O) groups is 1. The Kier molecular flexibility index (Phi) is 7.89. The molecule has 0 saturated carbocycles. The number of hydrogen-bond acceptors (Lipinski definition) is 9. The lowest BCUT2D eigenvalue weighted by atomic mass is 10.3. The molecular formula is C25H26N6O4S2. The zero-order valence-electron chi connectivity index (χ0n) is 20.4. The number of ether oxygens (including phenoxy) is 1. The minimum atomic E-state index is -3.75. The number of rotatable bonds is 10. The molecule has 0 aliphatic carbocycles. The predicted molar refractivity (Wildman–Crippen MR) is 145 cm³/mol. The number of benzene rings is 2. The normalized spacial score (nSPS) is 11.0. The quantitative estimate of drug-likeness (QED) is 0.227. The highest BCUT2D eigenvalue weighted by Crippen LogP contribution is 2.26. The zero-order valence-corrected chi connectivity index (χ0v) is 22.0. The molecule has 0 bridgehead atoms. The molecule has 2 aromatic heterocycles. The lowest BCUT2D eigenvalue weighted by Gasteiger charge is -2.11. The summed E-state index contributed by atoms with van der Waals surface area (Å²) in [6.07, 6.45) is 0. The summed E-state index contributed by atoms with van der Waals surface area (Å²) < 4.78 is 33.4. The van der Waals surface area contributed by atoms with Crippen LogP contribution in [0.5, 0.6) is 5.75 Å². The highest BCUT2D eigenvalue weighted by atomic mass is 32.2. The zero-order chi connectivity index (χ0) is 26.4. The minimum Gasteiger partial charge on any atom is -0.497 e. The van der Waals surface area contributed by atoms with Gasteiger partial charge in [-0.15, -0.1) is 11.3 Å². The molecule has 37 heavy (non-hydrogen) atoms. The molecule has 4 aromatic rings. The van der Waals surface area contributed by atoms with E-state index >= 15 is 0 Å².